The van der Waals surface area contributed by atoms with Crippen molar-refractivity contribution in [2.75, 3.05) is 26.2 Å². The van der Waals surface area contributed by atoms with Gasteiger partial charge in [-0.3, -0.25) is 14.5 Å². The van der Waals surface area contributed by atoms with Crippen LogP contribution in [0.2, 0.25) is 0 Å². The first-order chi connectivity index (χ1) is 13.1. The van der Waals surface area contributed by atoms with Crippen molar-refractivity contribution in [2.24, 2.45) is 0 Å². The molecule has 6 nitrogen and oxygen atoms in total. The molecule has 1 aliphatic heterocycles. The third kappa shape index (κ3) is 3.65. The second-order valence-corrected chi connectivity index (χ2v) is 6.12. The molecule has 140 valence electrons. The highest BCUT2D eigenvalue weighted by atomic mass is 16.5. The van der Waals surface area contributed by atoms with E-state index in [9.17, 15) is 9.59 Å². The zero-order valence-corrected chi connectivity index (χ0v) is 15.6. The number of fused-ring (bicyclic) bond motifs is 1. The first-order valence-electron chi connectivity index (χ1n) is 8.61. The van der Waals surface area contributed by atoms with Gasteiger partial charge < -0.3 is 14.8 Å². The van der Waals surface area contributed by atoms with E-state index in [4.69, 9.17) is 9.47 Å². The number of ether oxygens (including phenoxy) is 2. The van der Waals surface area contributed by atoms with E-state index in [-0.39, 0.29) is 11.8 Å². The Hall–Kier alpha value is -3.28. The number of nitrogens with zero attached hydrogens (tertiary/aromatic N) is 1. The zero-order valence-electron chi connectivity index (χ0n) is 15.6. The van der Waals surface area contributed by atoms with Gasteiger partial charge in [0.25, 0.3) is 5.91 Å². The molecule has 0 radical (unpaired) electrons. The summed E-state index contributed by atoms with van der Waals surface area (Å²) < 4.78 is 10.5. The topological polar surface area (TPSA) is 67.9 Å². The Bertz CT molecular complexity index is 892. The molecule has 1 atom stereocenters. The SMILES string of the molecule is CNC(=O)C1Cc2ccccc2N1C(=O)/C=C/c1ccc(OC)c(OC)c1. The van der Waals surface area contributed by atoms with E-state index in [1.165, 1.54) is 6.08 Å². The number of rotatable bonds is 5. The average molecular weight is 366 g/mol. The van der Waals surface area contributed by atoms with Gasteiger partial charge in [-0.25, -0.2) is 0 Å². The predicted molar refractivity (Wildman–Crippen MR) is 104 cm³/mol. The number of hydrogen-bond acceptors (Lipinski definition) is 4. The lowest BCUT2D eigenvalue weighted by Crippen LogP contribution is -2.46. The Morgan fingerprint density at radius 2 is 1.85 bits per heavy atom. The minimum atomic E-state index is -0.546. The lowest BCUT2D eigenvalue weighted by molar-refractivity contribution is -0.124. The first-order valence-corrected chi connectivity index (χ1v) is 8.61. The van der Waals surface area contributed by atoms with Crippen LogP contribution in [0, 0.1) is 0 Å². The fraction of sp³-hybridized carbons (Fsp3) is 0.238. The number of benzene rings is 2. The minimum absolute atomic E-state index is 0.181. The highest BCUT2D eigenvalue weighted by Gasteiger charge is 2.36. The number of likely N-dealkylation sites (N-methyl/N-ethyl adjacent to an activating group) is 1. The molecule has 0 fully saturated rings. The van der Waals surface area contributed by atoms with Crippen LogP contribution in [0.3, 0.4) is 0 Å². The van der Waals surface area contributed by atoms with E-state index in [1.807, 2.05) is 30.3 Å². The van der Waals surface area contributed by atoms with Gasteiger partial charge in [-0.15, -0.1) is 0 Å². The second kappa shape index (κ2) is 7.95. The Morgan fingerprint density at radius 3 is 2.56 bits per heavy atom. The van der Waals surface area contributed by atoms with Gasteiger partial charge in [0, 0.05) is 25.2 Å². The Morgan fingerprint density at radius 1 is 1.11 bits per heavy atom. The molecule has 6 heteroatoms. The lowest BCUT2D eigenvalue weighted by atomic mass is 10.1. The smallest absolute Gasteiger partial charge is 0.251 e. The number of methoxy groups -OCH3 is 2. The van der Waals surface area contributed by atoms with Crippen LogP contribution in [0.25, 0.3) is 6.08 Å². The molecule has 27 heavy (non-hydrogen) atoms. The van der Waals surface area contributed by atoms with Crippen LogP contribution in [0.5, 0.6) is 11.5 Å². The van der Waals surface area contributed by atoms with Crippen molar-refractivity contribution in [1.29, 1.82) is 0 Å². The molecule has 0 spiro atoms. The summed E-state index contributed by atoms with van der Waals surface area (Å²) >= 11 is 0. The van der Waals surface area contributed by atoms with Gasteiger partial charge in [-0.05, 0) is 35.4 Å². The summed E-state index contributed by atoms with van der Waals surface area (Å²) in [7, 11) is 4.71. The van der Waals surface area contributed by atoms with Crippen molar-refractivity contribution in [3.8, 4) is 11.5 Å². The molecule has 3 rings (SSSR count). The average Bonchev–Trinajstić information content (AvgIpc) is 3.10. The number of amides is 2. The summed E-state index contributed by atoms with van der Waals surface area (Å²) in [6.07, 6.45) is 3.68. The summed E-state index contributed by atoms with van der Waals surface area (Å²) in [5, 5.41) is 2.64. The van der Waals surface area contributed by atoms with Crippen molar-refractivity contribution < 1.29 is 19.1 Å². The van der Waals surface area contributed by atoms with Crippen LogP contribution in [-0.4, -0.2) is 39.1 Å². The van der Waals surface area contributed by atoms with Crippen LogP contribution in [0.4, 0.5) is 5.69 Å². The van der Waals surface area contributed by atoms with Crippen molar-refractivity contribution in [3.63, 3.8) is 0 Å². The van der Waals surface area contributed by atoms with Gasteiger partial charge in [-0.1, -0.05) is 24.3 Å². The summed E-state index contributed by atoms with van der Waals surface area (Å²) in [6, 6.07) is 12.4. The quantitative estimate of drug-likeness (QED) is 0.826. The summed E-state index contributed by atoms with van der Waals surface area (Å²) in [6.45, 7) is 0. The van der Waals surface area contributed by atoms with Crippen LogP contribution < -0.4 is 19.7 Å². The molecule has 1 unspecified atom stereocenters. The molecule has 2 amide bonds. The highest BCUT2D eigenvalue weighted by molar-refractivity contribution is 6.09. The molecule has 1 heterocycles. The summed E-state index contributed by atoms with van der Waals surface area (Å²) in [5.74, 6) is 0.776. The Labute approximate surface area is 158 Å². The van der Waals surface area contributed by atoms with Crippen LogP contribution in [0.15, 0.2) is 48.5 Å². The summed E-state index contributed by atoms with van der Waals surface area (Å²) in [4.78, 5) is 26.7. The number of nitrogens with one attached hydrogen (secondary N) is 1. The van der Waals surface area contributed by atoms with Gasteiger partial charge in [0.05, 0.1) is 14.2 Å². The maximum Gasteiger partial charge on any atom is 0.251 e. The first kappa shape index (κ1) is 18.5. The largest absolute Gasteiger partial charge is 0.493 e. The number of para-hydroxylation sites is 1. The fourth-order valence-corrected chi connectivity index (χ4v) is 3.24. The molecule has 2 aromatic rings. The minimum Gasteiger partial charge on any atom is -0.493 e. The third-order valence-electron chi connectivity index (χ3n) is 4.59. The maximum absolute atomic E-state index is 12.9. The van der Waals surface area contributed by atoms with E-state index in [0.717, 1.165) is 16.8 Å². The number of hydrogen-bond donors (Lipinski definition) is 1. The molecular weight excluding hydrogens is 344 g/mol. The predicted octanol–water partition coefficient (Wildman–Crippen LogP) is 2.42. The molecule has 0 saturated heterocycles. The molecule has 0 saturated carbocycles. The standard InChI is InChI=1S/C21H22N2O4/c1-22-21(25)17-13-15-6-4-5-7-16(15)23(17)20(24)11-9-14-8-10-18(26-2)19(12-14)27-3/h4-12,17H,13H2,1-3H3,(H,22,25)/b11-9+. The van der Waals surface area contributed by atoms with Gasteiger partial charge in [0.15, 0.2) is 11.5 Å². The van der Waals surface area contributed by atoms with Gasteiger partial charge in [0.2, 0.25) is 5.91 Å². The normalized spacial score (nSPS) is 15.5. The zero-order chi connectivity index (χ0) is 19.4. The van der Waals surface area contributed by atoms with Crippen molar-refractivity contribution in [2.45, 2.75) is 12.5 Å². The maximum atomic E-state index is 12.9. The third-order valence-corrected chi connectivity index (χ3v) is 4.59. The van der Waals surface area contributed by atoms with E-state index in [1.54, 1.807) is 44.4 Å². The van der Waals surface area contributed by atoms with Gasteiger partial charge in [0.1, 0.15) is 6.04 Å². The number of carbonyl (C=O) groups is 2. The molecule has 0 bridgehead atoms. The highest BCUT2D eigenvalue weighted by Crippen LogP contribution is 2.33. The molecule has 2 aromatic carbocycles. The van der Waals surface area contributed by atoms with Gasteiger partial charge in [-0.2, -0.15) is 0 Å². The van der Waals surface area contributed by atoms with Crippen molar-refractivity contribution in [3.05, 3.63) is 59.7 Å². The second-order valence-electron chi connectivity index (χ2n) is 6.12. The fourth-order valence-electron chi connectivity index (χ4n) is 3.24. The monoisotopic (exact) mass is 366 g/mol. The lowest BCUT2D eigenvalue weighted by Gasteiger charge is -2.23. The molecule has 1 N–H and O–H groups in total. The van der Waals surface area contributed by atoms with E-state index < -0.39 is 6.04 Å². The summed E-state index contributed by atoms with van der Waals surface area (Å²) in [5.41, 5.74) is 2.55. The van der Waals surface area contributed by atoms with Gasteiger partial charge >= 0.3 is 0 Å². The number of carbonyl (C=O) groups excluding carboxylic acids is 2. The van der Waals surface area contributed by atoms with Crippen LogP contribution in [0.1, 0.15) is 11.1 Å². The Balaban J connectivity index is 1.87. The molecule has 0 aromatic heterocycles. The van der Waals surface area contributed by atoms with E-state index >= 15 is 0 Å². The van der Waals surface area contributed by atoms with Crippen LogP contribution in [-0.2, 0) is 16.0 Å². The Kier molecular flexibility index (Phi) is 5.45. The number of anilines is 1. The molecule has 0 aliphatic carbocycles. The van der Waals surface area contributed by atoms with Crippen molar-refractivity contribution >= 4 is 23.6 Å². The van der Waals surface area contributed by atoms with E-state index in [2.05, 4.69) is 5.32 Å². The van der Waals surface area contributed by atoms with E-state index in [0.29, 0.717) is 17.9 Å². The van der Waals surface area contributed by atoms with Crippen molar-refractivity contribution in [1.82, 2.24) is 5.32 Å². The van der Waals surface area contributed by atoms with Crippen LogP contribution >= 0.6 is 0 Å². The molecular formula is C21H22N2O4. The molecule has 1 aliphatic rings.